The lowest BCUT2D eigenvalue weighted by Crippen LogP contribution is -1.99. The first kappa shape index (κ1) is 15.6. The predicted octanol–water partition coefficient (Wildman–Crippen LogP) is 5.16. The Morgan fingerprint density at radius 2 is 1.61 bits per heavy atom. The molecule has 1 aromatic carbocycles. The molecule has 0 bridgehead atoms. The first-order valence-electron chi connectivity index (χ1n) is 7.19. The fraction of sp³-hybridized carbons (Fsp3) is 0.625. The summed E-state index contributed by atoms with van der Waals surface area (Å²) in [6.45, 7) is 4.06. The molecular formula is C16H26OS. The predicted molar refractivity (Wildman–Crippen MR) is 81.4 cm³/mol. The summed E-state index contributed by atoms with van der Waals surface area (Å²) in [7, 11) is 0. The Morgan fingerprint density at radius 1 is 0.889 bits per heavy atom. The van der Waals surface area contributed by atoms with E-state index in [1.807, 2.05) is 11.8 Å². The molecule has 0 unspecified atom stereocenters. The van der Waals surface area contributed by atoms with Gasteiger partial charge in [-0.05, 0) is 18.6 Å². The van der Waals surface area contributed by atoms with Crippen molar-refractivity contribution in [1.82, 2.24) is 0 Å². The molecule has 0 aliphatic carbocycles. The zero-order valence-corrected chi connectivity index (χ0v) is 12.4. The summed E-state index contributed by atoms with van der Waals surface area (Å²) in [4.78, 5) is 1.33. The molecule has 0 aliphatic heterocycles. The first-order valence-corrected chi connectivity index (χ1v) is 8.17. The summed E-state index contributed by atoms with van der Waals surface area (Å²) in [6, 6.07) is 10.5. The number of benzene rings is 1. The molecule has 1 rings (SSSR count). The van der Waals surface area contributed by atoms with Crippen molar-refractivity contribution < 1.29 is 4.74 Å². The van der Waals surface area contributed by atoms with Gasteiger partial charge in [-0.1, -0.05) is 57.2 Å². The SMILES string of the molecule is CCCCCCCCOCCSc1ccccc1. The van der Waals surface area contributed by atoms with Crippen LogP contribution in [-0.2, 0) is 4.74 Å². The molecule has 0 aliphatic rings. The van der Waals surface area contributed by atoms with Crippen LogP contribution >= 0.6 is 11.8 Å². The van der Waals surface area contributed by atoms with Crippen molar-refractivity contribution in [1.29, 1.82) is 0 Å². The van der Waals surface area contributed by atoms with Crippen LogP contribution in [0.25, 0.3) is 0 Å². The molecule has 1 nitrogen and oxygen atoms in total. The fourth-order valence-corrected chi connectivity index (χ4v) is 2.61. The maximum Gasteiger partial charge on any atom is 0.0560 e. The van der Waals surface area contributed by atoms with Crippen LogP contribution in [0.4, 0.5) is 0 Å². The second-order valence-electron chi connectivity index (χ2n) is 4.54. The lowest BCUT2D eigenvalue weighted by molar-refractivity contribution is 0.145. The molecular weight excluding hydrogens is 240 g/mol. The Hall–Kier alpha value is -0.470. The van der Waals surface area contributed by atoms with E-state index in [0.29, 0.717) is 0 Å². The van der Waals surface area contributed by atoms with Gasteiger partial charge in [0.15, 0.2) is 0 Å². The van der Waals surface area contributed by atoms with Gasteiger partial charge in [0.25, 0.3) is 0 Å². The molecule has 0 amide bonds. The molecule has 102 valence electrons. The van der Waals surface area contributed by atoms with Crippen LogP contribution in [0.2, 0.25) is 0 Å². The molecule has 18 heavy (non-hydrogen) atoms. The van der Waals surface area contributed by atoms with Gasteiger partial charge in [-0.15, -0.1) is 11.8 Å². The number of thioether (sulfide) groups is 1. The Bertz CT molecular complexity index is 274. The third kappa shape index (κ3) is 8.60. The van der Waals surface area contributed by atoms with E-state index >= 15 is 0 Å². The Balaban J connectivity index is 1.82. The third-order valence-electron chi connectivity index (χ3n) is 2.88. The van der Waals surface area contributed by atoms with E-state index in [4.69, 9.17) is 4.74 Å². The van der Waals surface area contributed by atoms with Gasteiger partial charge in [-0.2, -0.15) is 0 Å². The summed E-state index contributed by atoms with van der Waals surface area (Å²) in [5, 5.41) is 0. The summed E-state index contributed by atoms with van der Waals surface area (Å²) >= 11 is 1.87. The minimum Gasteiger partial charge on any atom is -0.381 e. The van der Waals surface area contributed by atoms with Gasteiger partial charge < -0.3 is 4.74 Å². The van der Waals surface area contributed by atoms with Gasteiger partial charge in [0.2, 0.25) is 0 Å². The zero-order valence-electron chi connectivity index (χ0n) is 11.6. The van der Waals surface area contributed by atoms with E-state index in [1.54, 1.807) is 0 Å². The van der Waals surface area contributed by atoms with Gasteiger partial charge >= 0.3 is 0 Å². The maximum atomic E-state index is 5.64. The highest BCUT2D eigenvalue weighted by atomic mass is 32.2. The van der Waals surface area contributed by atoms with E-state index in [0.717, 1.165) is 19.0 Å². The van der Waals surface area contributed by atoms with Crippen molar-refractivity contribution >= 4 is 11.8 Å². The van der Waals surface area contributed by atoms with E-state index in [2.05, 4.69) is 37.3 Å². The molecule has 1 aromatic rings. The molecule has 0 atom stereocenters. The maximum absolute atomic E-state index is 5.64. The van der Waals surface area contributed by atoms with Crippen molar-refractivity contribution in [2.24, 2.45) is 0 Å². The highest BCUT2D eigenvalue weighted by Gasteiger charge is 1.94. The number of unbranched alkanes of at least 4 members (excludes halogenated alkanes) is 5. The van der Waals surface area contributed by atoms with Crippen LogP contribution in [0.3, 0.4) is 0 Å². The van der Waals surface area contributed by atoms with Crippen LogP contribution < -0.4 is 0 Å². The van der Waals surface area contributed by atoms with Crippen LogP contribution in [0.5, 0.6) is 0 Å². The average molecular weight is 266 g/mol. The lowest BCUT2D eigenvalue weighted by atomic mass is 10.1. The summed E-state index contributed by atoms with van der Waals surface area (Å²) in [6.07, 6.45) is 8.02. The van der Waals surface area contributed by atoms with Gasteiger partial charge in [0.05, 0.1) is 6.61 Å². The minimum atomic E-state index is 0.870. The largest absolute Gasteiger partial charge is 0.381 e. The van der Waals surface area contributed by atoms with Crippen LogP contribution in [0.15, 0.2) is 35.2 Å². The third-order valence-corrected chi connectivity index (χ3v) is 3.86. The molecule has 0 aromatic heterocycles. The molecule has 2 heteroatoms. The summed E-state index contributed by atoms with van der Waals surface area (Å²) < 4.78 is 5.64. The lowest BCUT2D eigenvalue weighted by Gasteiger charge is -2.04. The molecule has 0 saturated heterocycles. The van der Waals surface area contributed by atoms with Crippen LogP contribution in [0.1, 0.15) is 45.4 Å². The highest BCUT2D eigenvalue weighted by Crippen LogP contribution is 2.16. The van der Waals surface area contributed by atoms with Crippen molar-refractivity contribution in [3.05, 3.63) is 30.3 Å². The standard InChI is InChI=1S/C16H26OS/c1-2-3-4-5-6-10-13-17-14-15-18-16-11-8-7-9-12-16/h7-9,11-12H,2-6,10,13-15H2,1H3. The van der Waals surface area contributed by atoms with Gasteiger partial charge in [0.1, 0.15) is 0 Å². The molecule has 0 spiro atoms. The second kappa shape index (κ2) is 11.6. The van der Waals surface area contributed by atoms with E-state index < -0.39 is 0 Å². The summed E-state index contributed by atoms with van der Waals surface area (Å²) in [5.41, 5.74) is 0. The van der Waals surface area contributed by atoms with E-state index in [-0.39, 0.29) is 0 Å². The first-order chi connectivity index (χ1) is 8.93. The molecule has 0 fully saturated rings. The van der Waals surface area contributed by atoms with Crippen molar-refractivity contribution in [3.8, 4) is 0 Å². The Morgan fingerprint density at radius 3 is 2.39 bits per heavy atom. The number of hydrogen-bond donors (Lipinski definition) is 0. The smallest absolute Gasteiger partial charge is 0.0560 e. The van der Waals surface area contributed by atoms with Crippen molar-refractivity contribution in [3.63, 3.8) is 0 Å². The average Bonchev–Trinajstić information content (AvgIpc) is 2.42. The van der Waals surface area contributed by atoms with Gasteiger partial charge in [-0.25, -0.2) is 0 Å². The summed E-state index contributed by atoms with van der Waals surface area (Å²) in [5.74, 6) is 1.06. The second-order valence-corrected chi connectivity index (χ2v) is 5.71. The van der Waals surface area contributed by atoms with Crippen molar-refractivity contribution in [2.75, 3.05) is 19.0 Å². The normalized spacial score (nSPS) is 10.7. The monoisotopic (exact) mass is 266 g/mol. The molecule has 0 N–H and O–H groups in total. The van der Waals surface area contributed by atoms with Gasteiger partial charge in [-0.3, -0.25) is 0 Å². The van der Waals surface area contributed by atoms with Crippen LogP contribution in [-0.4, -0.2) is 19.0 Å². The quantitative estimate of drug-likeness (QED) is 0.404. The number of rotatable bonds is 11. The van der Waals surface area contributed by atoms with E-state index in [9.17, 15) is 0 Å². The number of hydrogen-bond acceptors (Lipinski definition) is 2. The van der Waals surface area contributed by atoms with Crippen molar-refractivity contribution in [2.45, 2.75) is 50.3 Å². The van der Waals surface area contributed by atoms with Crippen LogP contribution in [0, 0.1) is 0 Å². The fourth-order valence-electron chi connectivity index (χ4n) is 1.82. The van der Waals surface area contributed by atoms with Gasteiger partial charge in [0, 0.05) is 17.3 Å². The molecule has 0 heterocycles. The topological polar surface area (TPSA) is 9.23 Å². The molecule has 0 radical (unpaired) electrons. The Kier molecular flexibility index (Phi) is 10.1. The Labute approximate surface area is 116 Å². The number of ether oxygens (including phenoxy) is 1. The van der Waals surface area contributed by atoms with E-state index in [1.165, 1.54) is 43.4 Å². The highest BCUT2D eigenvalue weighted by molar-refractivity contribution is 7.99. The minimum absolute atomic E-state index is 0.870. The molecule has 0 saturated carbocycles. The zero-order chi connectivity index (χ0) is 12.9.